The van der Waals surface area contributed by atoms with Gasteiger partial charge < -0.3 is 10.4 Å². The molecule has 1 fully saturated rings. The largest absolute Gasteiger partial charge is 0.395 e. The maximum atomic E-state index is 12.2. The molecule has 0 amide bonds. The van der Waals surface area contributed by atoms with Gasteiger partial charge in [-0.15, -0.1) is 0 Å². The van der Waals surface area contributed by atoms with Crippen molar-refractivity contribution in [1.29, 1.82) is 0 Å². The number of piperidine rings is 1. The van der Waals surface area contributed by atoms with E-state index in [1.165, 1.54) is 0 Å². The SMILES string of the molecule is C[C@@H]1CNC[C@H](C(F)(F)F)[C@H]1O. The zero-order valence-corrected chi connectivity index (χ0v) is 6.73. The summed E-state index contributed by atoms with van der Waals surface area (Å²) in [5.41, 5.74) is 0. The molecular weight excluding hydrogens is 171 g/mol. The third kappa shape index (κ3) is 1.90. The first kappa shape index (κ1) is 9.80. The average Bonchev–Trinajstić information content (AvgIpc) is 1.92. The highest BCUT2D eigenvalue weighted by molar-refractivity contribution is 4.86. The van der Waals surface area contributed by atoms with Crippen molar-refractivity contribution in [1.82, 2.24) is 5.32 Å². The third-order valence-corrected chi connectivity index (χ3v) is 2.25. The monoisotopic (exact) mass is 183 g/mol. The Morgan fingerprint density at radius 1 is 1.33 bits per heavy atom. The topological polar surface area (TPSA) is 32.3 Å². The number of aliphatic hydroxyl groups is 1. The predicted molar refractivity (Wildman–Crippen MR) is 37.6 cm³/mol. The minimum absolute atomic E-state index is 0.172. The number of aliphatic hydroxyl groups excluding tert-OH is 1. The Labute approximate surface area is 68.8 Å². The van der Waals surface area contributed by atoms with Crippen LogP contribution in [0, 0.1) is 11.8 Å². The highest BCUT2D eigenvalue weighted by atomic mass is 19.4. The summed E-state index contributed by atoms with van der Waals surface area (Å²) >= 11 is 0. The zero-order valence-electron chi connectivity index (χ0n) is 6.73. The molecule has 0 aromatic heterocycles. The van der Waals surface area contributed by atoms with E-state index in [0.29, 0.717) is 6.54 Å². The van der Waals surface area contributed by atoms with E-state index in [1.54, 1.807) is 6.92 Å². The van der Waals surface area contributed by atoms with Gasteiger partial charge >= 0.3 is 6.18 Å². The van der Waals surface area contributed by atoms with Crippen molar-refractivity contribution < 1.29 is 18.3 Å². The summed E-state index contributed by atoms with van der Waals surface area (Å²) in [4.78, 5) is 0. The molecule has 0 saturated carbocycles. The van der Waals surface area contributed by atoms with Gasteiger partial charge in [0.05, 0.1) is 12.0 Å². The van der Waals surface area contributed by atoms with Crippen molar-refractivity contribution in [2.24, 2.45) is 11.8 Å². The Morgan fingerprint density at radius 3 is 2.33 bits per heavy atom. The van der Waals surface area contributed by atoms with Gasteiger partial charge in [0, 0.05) is 13.1 Å². The van der Waals surface area contributed by atoms with Crippen LogP contribution in [0.4, 0.5) is 13.2 Å². The van der Waals surface area contributed by atoms with Gasteiger partial charge in [0.1, 0.15) is 0 Å². The number of hydrogen-bond donors (Lipinski definition) is 2. The number of hydrogen-bond acceptors (Lipinski definition) is 2. The number of halogens is 3. The molecule has 1 saturated heterocycles. The fraction of sp³-hybridized carbons (Fsp3) is 1.00. The lowest BCUT2D eigenvalue weighted by molar-refractivity contribution is -0.210. The molecule has 12 heavy (non-hydrogen) atoms. The number of rotatable bonds is 0. The average molecular weight is 183 g/mol. The molecule has 0 aromatic carbocycles. The summed E-state index contributed by atoms with van der Waals surface area (Å²) < 4.78 is 36.5. The lowest BCUT2D eigenvalue weighted by atomic mass is 9.88. The van der Waals surface area contributed by atoms with Crippen LogP contribution in [0.3, 0.4) is 0 Å². The van der Waals surface area contributed by atoms with E-state index >= 15 is 0 Å². The molecule has 0 bridgehead atoms. The van der Waals surface area contributed by atoms with Gasteiger partial charge in [-0.25, -0.2) is 0 Å². The van der Waals surface area contributed by atoms with Gasteiger partial charge in [0.2, 0.25) is 0 Å². The van der Waals surface area contributed by atoms with Crippen molar-refractivity contribution in [2.75, 3.05) is 13.1 Å². The zero-order chi connectivity index (χ0) is 9.35. The van der Waals surface area contributed by atoms with Gasteiger partial charge in [0.25, 0.3) is 0 Å². The van der Waals surface area contributed by atoms with Gasteiger partial charge in [0.15, 0.2) is 0 Å². The molecule has 1 heterocycles. The maximum Gasteiger partial charge on any atom is 0.395 e. The summed E-state index contributed by atoms with van der Waals surface area (Å²) in [5, 5.41) is 11.9. The van der Waals surface area contributed by atoms with E-state index in [0.717, 1.165) is 0 Å². The van der Waals surface area contributed by atoms with Crippen LogP contribution in [0.25, 0.3) is 0 Å². The van der Waals surface area contributed by atoms with E-state index in [9.17, 15) is 18.3 Å². The Kier molecular flexibility index (Phi) is 2.63. The summed E-state index contributed by atoms with van der Waals surface area (Å²) in [5.74, 6) is -1.94. The lowest BCUT2D eigenvalue weighted by Gasteiger charge is -2.34. The van der Waals surface area contributed by atoms with Gasteiger partial charge in [-0.3, -0.25) is 0 Å². The molecule has 5 heteroatoms. The molecule has 2 nitrogen and oxygen atoms in total. The van der Waals surface area contributed by atoms with E-state index in [1.807, 2.05) is 0 Å². The molecule has 72 valence electrons. The highest BCUT2D eigenvalue weighted by Gasteiger charge is 2.47. The summed E-state index contributed by atoms with van der Waals surface area (Å²) in [7, 11) is 0. The summed E-state index contributed by atoms with van der Waals surface area (Å²) in [6, 6.07) is 0. The van der Waals surface area contributed by atoms with Crippen molar-refractivity contribution in [3.05, 3.63) is 0 Å². The van der Waals surface area contributed by atoms with E-state index in [2.05, 4.69) is 5.32 Å². The molecule has 0 aliphatic carbocycles. The standard InChI is InChI=1S/C7H12F3NO/c1-4-2-11-3-5(6(4)12)7(8,9)10/h4-6,11-12H,2-3H2,1H3/t4-,5+,6+/m1/s1. The van der Waals surface area contributed by atoms with Crippen LogP contribution in [0.1, 0.15) is 6.92 Å². The first-order chi connectivity index (χ1) is 5.43. The predicted octanol–water partition coefficient (Wildman–Crippen LogP) is 0.765. The van der Waals surface area contributed by atoms with Gasteiger partial charge in [-0.2, -0.15) is 13.2 Å². The van der Waals surface area contributed by atoms with Crippen LogP contribution in [0.2, 0.25) is 0 Å². The molecule has 0 aromatic rings. The number of nitrogens with one attached hydrogen (secondary N) is 1. The van der Waals surface area contributed by atoms with Crippen LogP contribution in [-0.2, 0) is 0 Å². The van der Waals surface area contributed by atoms with Crippen molar-refractivity contribution >= 4 is 0 Å². The minimum atomic E-state index is -4.29. The van der Waals surface area contributed by atoms with E-state index in [4.69, 9.17) is 0 Å². The molecule has 0 unspecified atom stereocenters. The smallest absolute Gasteiger partial charge is 0.392 e. The molecule has 0 radical (unpaired) electrons. The fourth-order valence-electron chi connectivity index (χ4n) is 1.41. The van der Waals surface area contributed by atoms with E-state index in [-0.39, 0.29) is 12.5 Å². The van der Waals surface area contributed by atoms with Gasteiger partial charge in [-0.05, 0) is 5.92 Å². The summed E-state index contributed by atoms with van der Waals surface area (Å²) in [6.07, 6.45) is -5.55. The lowest BCUT2D eigenvalue weighted by Crippen LogP contribution is -2.51. The molecular formula is C7H12F3NO. The van der Waals surface area contributed by atoms with Crippen LogP contribution in [0.15, 0.2) is 0 Å². The first-order valence-corrected chi connectivity index (χ1v) is 3.88. The third-order valence-electron chi connectivity index (χ3n) is 2.25. The molecule has 1 aliphatic heterocycles. The molecule has 0 spiro atoms. The second-order valence-corrected chi connectivity index (χ2v) is 3.27. The Balaban J connectivity index is 2.64. The van der Waals surface area contributed by atoms with Crippen LogP contribution in [0.5, 0.6) is 0 Å². The van der Waals surface area contributed by atoms with Gasteiger partial charge in [-0.1, -0.05) is 6.92 Å². The van der Waals surface area contributed by atoms with E-state index < -0.39 is 18.2 Å². The second-order valence-electron chi connectivity index (χ2n) is 3.27. The Bertz CT molecular complexity index is 159. The van der Waals surface area contributed by atoms with Crippen LogP contribution < -0.4 is 5.32 Å². The Hall–Kier alpha value is -0.290. The highest BCUT2D eigenvalue weighted by Crippen LogP contribution is 2.32. The fourth-order valence-corrected chi connectivity index (χ4v) is 1.41. The van der Waals surface area contributed by atoms with Crippen LogP contribution >= 0.6 is 0 Å². The quantitative estimate of drug-likeness (QED) is 0.581. The normalized spacial score (nSPS) is 38.2. The molecule has 2 N–H and O–H groups in total. The first-order valence-electron chi connectivity index (χ1n) is 3.88. The molecule has 1 rings (SSSR count). The van der Waals surface area contributed by atoms with Crippen LogP contribution in [-0.4, -0.2) is 30.5 Å². The van der Waals surface area contributed by atoms with Crippen molar-refractivity contribution in [2.45, 2.75) is 19.2 Å². The maximum absolute atomic E-state index is 12.2. The molecule has 1 aliphatic rings. The Morgan fingerprint density at radius 2 is 1.92 bits per heavy atom. The summed E-state index contributed by atoms with van der Waals surface area (Å²) in [6.45, 7) is 1.89. The second kappa shape index (κ2) is 3.22. The minimum Gasteiger partial charge on any atom is -0.392 e. The van der Waals surface area contributed by atoms with Crippen molar-refractivity contribution in [3.63, 3.8) is 0 Å². The molecule has 3 atom stereocenters. The number of alkyl halides is 3. The van der Waals surface area contributed by atoms with Crippen molar-refractivity contribution in [3.8, 4) is 0 Å².